The van der Waals surface area contributed by atoms with E-state index in [4.69, 9.17) is 24.9 Å². The Morgan fingerprint density at radius 3 is 1.81 bits per heavy atom. The molecule has 0 aromatic heterocycles. The Labute approximate surface area is 99.2 Å². The van der Waals surface area contributed by atoms with Crippen LogP contribution in [0.2, 0.25) is 5.54 Å². The average Bonchev–Trinajstić information content (AvgIpc) is 2.23. The molecule has 0 bridgehead atoms. The zero-order valence-electron chi connectivity index (χ0n) is 9.44. The van der Waals surface area contributed by atoms with E-state index in [1.807, 2.05) is 0 Å². The maximum Gasteiger partial charge on any atom is 0.512 e. The fourth-order valence-corrected chi connectivity index (χ4v) is 3.97. The van der Waals surface area contributed by atoms with Gasteiger partial charge in [-0.2, -0.15) is 13.2 Å². The topological polar surface area (TPSA) is 27.7 Å². The number of hydrogen-bond acceptors (Lipinski definition) is 3. The molecular formula is C8H16ClF3O3Si. The first-order valence-corrected chi connectivity index (χ1v) is 6.99. The van der Waals surface area contributed by atoms with Gasteiger partial charge in [0.1, 0.15) is 5.54 Å². The highest BCUT2D eigenvalue weighted by Gasteiger charge is 2.60. The smallest absolute Gasteiger partial charge is 0.376 e. The minimum atomic E-state index is -4.42. The molecule has 0 aliphatic carbocycles. The van der Waals surface area contributed by atoms with Crippen LogP contribution in [0.25, 0.3) is 0 Å². The molecule has 8 heteroatoms. The summed E-state index contributed by atoms with van der Waals surface area (Å²) in [6.07, 6.45) is -4.34. The molecule has 3 nitrogen and oxygen atoms in total. The predicted octanol–water partition coefficient (Wildman–Crippen LogP) is 2.82. The lowest BCUT2D eigenvalue weighted by atomic mass is 10.2. The summed E-state index contributed by atoms with van der Waals surface area (Å²) in [5.41, 5.74) is -1.74. The molecule has 0 aromatic carbocycles. The van der Waals surface area contributed by atoms with Crippen molar-refractivity contribution < 1.29 is 26.4 Å². The van der Waals surface area contributed by atoms with E-state index in [0.717, 1.165) is 0 Å². The normalized spacial score (nSPS) is 15.2. The third-order valence-electron chi connectivity index (χ3n) is 2.30. The van der Waals surface area contributed by atoms with E-state index in [1.165, 1.54) is 21.3 Å². The molecule has 1 unspecified atom stereocenters. The molecule has 98 valence electrons. The second-order valence-electron chi connectivity index (χ2n) is 3.14. The maximum absolute atomic E-state index is 12.9. The van der Waals surface area contributed by atoms with Crippen molar-refractivity contribution in [3.05, 3.63) is 0 Å². The highest BCUT2D eigenvalue weighted by atomic mass is 35.5. The Bertz CT molecular complexity index is 191. The van der Waals surface area contributed by atoms with Gasteiger partial charge in [0, 0.05) is 27.2 Å². The van der Waals surface area contributed by atoms with Gasteiger partial charge in [-0.1, -0.05) is 0 Å². The molecule has 1 atom stereocenters. The Morgan fingerprint density at radius 1 is 1.12 bits per heavy atom. The van der Waals surface area contributed by atoms with Gasteiger partial charge in [-0.05, 0) is 12.8 Å². The molecule has 0 amide bonds. The van der Waals surface area contributed by atoms with Crippen molar-refractivity contribution in [2.45, 2.75) is 24.6 Å². The van der Waals surface area contributed by atoms with E-state index in [2.05, 4.69) is 0 Å². The minimum Gasteiger partial charge on any atom is -0.376 e. The molecule has 0 N–H and O–H groups in total. The quantitative estimate of drug-likeness (QED) is 0.530. The van der Waals surface area contributed by atoms with Crippen molar-refractivity contribution in [3.63, 3.8) is 0 Å². The van der Waals surface area contributed by atoms with Gasteiger partial charge in [-0.25, -0.2) is 0 Å². The van der Waals surface area contributed by atoms with Gasteiger partial charge >= 0.3 is 15.0 Å². The first-order valence-electron chi connectivity index (χ1n) is 4.66. The lowest BCUT2D eigenvalue weighted by Gasteiger charge is -2.33. The van der Waals surface area contributed by atoms with E-state index in [9.17, 15) is 13.2 Å². The molecule has 0 aliphatic rings. The second-order valence-corrected chi connectivity index (χ2v) is 6.65. The molecule has 0 saturated carbocycles. The minimum absolute atomic E-state index is 0.158. The first kappa shape index (κ1) is 16.2. The largest absolute Gasteiger partial charge is 0.512 e. The molecule has 0 heterocycles. The number of alkyl halides is 4. The SMILES string of the molecule is CO[Si](OC)(OC)C(CCCCl)C(F)(F)F. The molecule has 0 aliphatic heterocycles. The monoisotopic (exact) mass is 280 g/mol. The predicted molar refractivity (Wildman–Crippen MR) is 56.5 cm³/mol. The summed E-state index contributed by atoms with van der Waals surface area (Å²) in [6, 6.07) is 0. The fourth-order valence-electron chi connectivity index (χ4n) is 1.50. The summed E-state index contributed by atoms with van der Waals surface area (Å²) < 4.78 is 53.1. The van der Waals surface area contributed by atoms with Crippen LogP contribution in [0, 0.1) is 0 Å². The van der Waals surface area contributed by atoms with Gasteiger partial charge in [0.25, 0.3) is 0 Å². The van der Waals surface area contributed by atoms with Crippen LogP contribution in [0.15, 0.2) is 0 Å². The molecule has 0 rings (SSSR count). The molecular weight excluding hydrogens is 265 g/mol. The van der Waals surface area contributed by atoms with Crippen molar-refractivity contribution in [2.75, 3.05) is 27.2 Å². The van der Waals surface area contributed by atoms with Gasteiger partial charge < -0.3 is 13.3 Å². The van der Waals surface area contributed by atoms with Crippen LogP contribution in [0.3, 0.4) is 0 Å². The number of rotatable bonds is 7. The van der Waals surface area contributed by atoms with Crippen molar-refractivity contribution in [1.82, 2.24) is 0 Å². The van der Waals surface area contributed by atoms with Gasteiger partial charge in [-0.15, -0.1) is 11.6 Å². The Balaban J connectivity index is 4.96. The van der Waals surface area contributed by atoms with Gasteiger partial charge in [-0.3, -0.25) is 0 Å². The Kier molecular flexibility index (Phi) is 6.88. The van der Waals surface area contributed by atoms with Crippen molar-refractivity contribution in [1.29, 1.82) is 0 Å². The highest BCUT2D eigenvalue weighted by molar-refractivity contribution is 6.62. The van der Waals surface area contributed by atoms with Crippen LogP contribution in [0.4, 0.5) is 13.2 Å². The molecule has 16 heavy (non-hydrogen) atoms. The molecule has 0 radical (unpaired) electrons. The summed E-state index contributed by atoms with van der Waals surface area (Å²) >= 11 is 5.40. The molecule has 0 saturated heterocycles. The fraction of sp³-hybridized carbons (Fsp3) is 1.00. The summed E-state index contributed by atoms with van der Waals surface area (Å²) in [5.74, 6) is 0.161. The molecule has 0 spiro atoms. The maximum atomic E-state index is 12.9. The van der Waals surface area contributed by atoms with Crippen LogP contribution in [-0.4, -0.2) is 42.2 Å². The summed E-state index contributed by atoms with van der Waals surface area (Å²) in [5, 5.41) is 0. The summed E-state index contributed by atoms with van der Waals surface area (Å²) in [6.45, 7) is 0. The third-order valence-corrected chi connectivity index (χ3v) is 5.75. The molecule has 0 aromatic rings. The van der Waals surface area contributed by atoms with Crippen LogP contribution in [-0.2, 0) is 13.3 Å². The lowest BCUT2D eigenvalue weighted by Crippen LogP contribution is -2.52. The van der Waals surface area contributed by atoms with Crippen LogP contribution < -0.4 is 0 Å². The van der Waals surface area contributed by atoms with Crippen LogP contribution >= 0.6 is 11.6 Å². The lowest BCUT2D eigenvalue weighted by molar-refractivity contribution is -0.149. The summed E-state index contributed by atoms with van der Waals surface area (Å²) in [4.78, 5) is 0. The van der Waals surface area contributed by atoms with Gasteiger partial charge in [0.05, 0.1) is 0 Å². The van der Waals surface area contributed by atoms with Gasteiger partial charge in [0.15, 0.2) is 0 Å². The van der Waals surface area contributed by atoms with E-state index >= 15 is 0 Å². The van der Waals surface area contributed by atoms with Gasteiger partial charge in [0.2, 0.25) is 0 Å². The van der Waals surface area contributed by atoms with Crippen molar-refractivity contribution in [3.8, 4) is 0 Å². The first-order chi connectivity index (χ1) is 7.37. The van der Waals surface area contributed by atoms with Crippen LogP contribution in [0.1, 0.15) is 12.8 Å². The van der Waals surface area contributed by atoms with E-state index in [-0.39, 0.29) is 18.7 Å². The average molecular weight is 281 g/mol. The molecule has 0 fully saturated rings. The van der Waals surface area contributed by atoms with Crippen LogP contribution in [0.5, 0.6) is 0 Å². The van der Waals surface area contributed by atoms with E-state index in [0.29, 0.717) is 0 Å². The van der Waals surface area contributed by atoms with E-state index < -0.39 is 20.5 Å². The van der Waals surface area contributed by atoms with E-state index in [1.54, 1.807) is 0 Å². The second kappa shape index (κ2) is 6.80. The van der Waals surface area contributed by atoms with Crippen molar-refractivity contribution >= 4 is 20.4 Å². The number of hydrogen-bond donors (Lipinski definition) is 0. The third kappa shape index (κ3) is 3.88. The Morgan fingerprint density at radius 2 is 1.56 bits per heavy atom. The number of halogens is 4. The zero-order valence-corrected chi connectivity index (χ0v) is 11.2. The Hall–Kier alpha value is 0.177. The van der Waals surface area contributed by atoms with Crippen molar-refractivity contribution in [2.24, 2.45) is 0 Å². The highest BCUT2D eigenvalue weighted by Crippen LogP contribution is 2.43. The summed E-state index contributed by atoms with van der Waals surface area (Å²) in [7, 11) is -0.207. The standard InChI is InChI=1S/C8H16ClF3O3Si/c1-13-16(14-2,15-3)7(5-4-6-9)8(10,11)12/h7H,4-6H2,1-3H3. The zero-order chi connectivity index (χ0) is 12.8.